The van der Waals surface area contributed by atoms with Crippen molar-refractivity contribution in [1.29, 1.82) is 0 Å². The molecule has 0 saturated carbocycles. The van der Waals surface area contributed by atoms with Crippen molar-refractivity contribution in [2.24, 2.45) is 0 Å². The molecule has 126 valence electrons. The fraction of sp³-hybridized carbons (Fsp3) is 0.556. The minimum Gasteiger partial charge on any atom is -0.340 e. The molecule has 0 unspecified atom stereocenters. The maximum Gasteiger partial charge on any atom is 0.254 e. The van der Waals surface area contributed by atoms with Gasteiger partial charge in [0.2, 0.25) is 5.91 Å². The quantitative estimate of drug-likeness (QED) is 0.899. The van der Waals surface area contributed by atoms with E-state index in [1.54, 1.807) is 4.90 Å². The van der Waals surface area contributed by atoms with Crippen LogP contribution in [0.4, 0.5) is 0 Å². The molecule has 1 N–H and O–H groups in total. The van der Waals surface area contributed by atoms with Gasteiger partial charge in [-0.3, -0.25) is 9.59 Å². The van der Waals surface area contributed by atoms with Crippen LogP contribution in [0.25, 0.3) is 0 Å². The van der Waals surface area contributed by atoms with Crippen LogP contribution in [0.1, 0.15) is 36.2 Å². The Morgan fingerprint density at radius 3 is 2.57 bits per heavy atom. The van der Waals surface area contributed by atoms with Crippen molar-refractivity contribution in [2.75, 3.05) is 32.7 Å². The first-order chi connectivity index (χ1) is 11.0. The van der Waals surface area contributed by atoms with E-state index in [4.69, 9.17) is 0 Å². The zero-order chi connectivity index (χ0) is 16.8. The summed E-state index contributed by atoms with van der Waals surface area (Å²) in [6.07, 6.45) is 0.385. The van der Waals surface area contributed by atoms with Crippen molar-refractivity contribution < 1.29 is 9.59 Å². The topological polar surface area (TPSA) is 52.7 Å². The van der Waals surface area contributed by atoms with Crippen LogP contribution < -0.4 is 5.32 Å². The molecule has 23 heavy (non-hydrogen) atoms. The van der Waals surface area contributed by atoms with E-state index in [-0.39, 0.29) is 17.9 Å². The summed E-state index contributed by atoms with van der Waals surface area (Å²) in [5.74, 6) is 0.131. The Hall–Kier alpha value is -1.88. The van der Waals surface area contributed by atoms with Gasteiger partial charge in [-0.1, -0.05) is 17.7 Å². The summed E-state index contributed by atoms with van der Waals surface area (Å²) in [7, 11) is 0. The first-order valence-corrected chi connectivity index (χ1v) is 8.35. The van der Waals surface area contributed by atoms with Crippen molar-refractivity contribution in [3.63, 3.8) is 0 Å². The van der Waals surface area contributed by atoms with Gasteiger partial charge in [0.15, 0.2) is 0 Å². The smallest absolute Gasteiger partial charge is 0.254 e. The summed E-state index contributed by atoms with van der Waals surface area (Å²) in [6, 6.07) is 7.68. The SMILES string of the molecule is Cc1cccc(C(=O)N(CCC(=O)N2CCNCC2)C(C)C)c1. The summed E-state index contributed by atoms with van der Waals surface area (Å²) < 4.78 is 0. The van der Waals surface area contributed by atoms with Gasteiger partial charge in [-0.15, -0.1) is 0 Å². The predicted molar refractivity (Wildman–Crippen MR) is 91.4 cm³/mol. The normalized spacial score (nSPS) is 14.9. The second kappa shape index (κ2) is 8.11. The highest BCUT2D eigenvalue weighted by Crippen LogP contribution is 2.12. The Kier molecular flexibility index (Phi) is 6.16. The number of carbonyl (C=O) groups excluding carboxylic acids is 2. The van der Waals surface area contributed by atoms with Gasteiger partial charge in [0.1, 0.15) is 0 Å². The third-order valence-electron chi connectivity index (χ3n) is 4.19. The predicted octanol–water partition coefficient (Wildman–Crippen LogP) is 1.67. The van der Waals surface area contributed by atoms with Crippen LogP contribution in [0.5, 0.6) is 0 Å². The zero-order valence-corrected chi connectivity index (χ0v) is 14.3. The van der Waals surface area contributed by atoms with E-state index in [9.17, 15) is 9.59 Å². The lowest BCUT2D eigenvalue weighted by Gasteiger charge is -2.30. The molecular formula is C18H27N3O2. The molecule has 0 aromatic heterocycles. The highest BCUT2D eigenvalue weighted by atomic mass is 16.2. The van der Waals surface area contributed by atoms with Gasteiger partial charge < -0.3 is 15.1 Å². The number of nitrogens with zero attached hydrogens (tertiary/aromatic N) is 2. The highest BCUT2D eigenvalue weighted by molar-refractivity contribution is 5.94. The lowest BCUT2D eigenvalue weighted by molar-refractivity contribution is -0.132. The van der Waals surface area contributed by atoms with E-state index in [0.29, 0.717) is 18.5 Å². The molecular weight excluding hydrogens is 290 g/mol. The lowest BCUT2D eigenvalue weighted by Crippen LogP contribution is -2.47. The second-order valence-electron chi connectivity index (χ2n) is 6.34. The molecule has 1 aliphatic rings. The molecule has 1 aliphatic heterocycles. The standard InChI is InChI=1S/C18H27N3O2/c1-14(2)21(18(23)16-6-4-5-15(3)13-16)10-7-17(22)20-11-8-19-9-12-20/h4-6,13-14,19H,7-12H2,1-3H3. The number of amides is 2. The van der Waals surface area contributed by atoms with Gasteiger partial charge in [0.25, 0.3) is 5.91 Å². The molecule has 1 heterocycles. The largest absolute Gasteiger partial charge is 0.340 e. The molecule has 2 rings (SSSR count). The molecule has 0 aliphatic carbocycles. The van der Waals surface area contributed by atoms with Gasteiger partial charge >= 0.3 is 0 Å². The number of nitrogens with one attached hydrogen (secondary N) is 1. The van der Waals surface area contributed by atoms with E-state index >= 15 is 0 Å². The van der Waals surface area contributed by atoms with Gasteiger partial charge in [-0.2, -0.15) is 0 Å². The molecule has 2 amide bonds. The summed E-state index contributed by atoms with van der Waals surface area (Å²) in [6.45, 7) is 9.63. The molecule has 5 heteroatoms. The van der Waals surface area contributed by atoms with E-state index < -0.39 is 0 Å². The average molecular weight is 317 g/mol. The molecule has 5 nitrogen and oxygen atoms in total. The molecule has 0 spiro atoms. The fourth-order valence-electron chi connectivity index (χ4n) is 2.83. The number of piperazine rings is 1. The molecule has 0 atom stereocenters. The van der Waals surface area contributed by atoms with Crippen LogP contribution in [-0.4, -0.2) is 60.4 Å². The maximum atomic E-state index is 12.7. The Bertz CT molecular complexity index is 551. The summed E-state index contributed by atoms with van der Waals surface area (Å²) in [5, 5.41) is 3.24. The van der Waals surface area contributed by atoms with Crippen LogP contribution in [-0.2, 0) is 4.79 Å². The number of hydrogen-bond acceptors (Lipinski definition) is 3. The van der Waals surface area contributed by atoms with Crippen molar-refractivity contribution in [3.05, 3.63) is 35.4 Å². The highest BCUT2D eigenvalue weighted by Gasteiger charge is 2.22. The summed E-state index contributed by atoms with van der Waals surface area (Å²) in [5.41, 5.74) is 1.75. The van der Waals surface area contributed by atoms with Gasteiger partial charge in [0, 0.05) is 50.7 Å². The Morgan fingerprint density at radius 2 is 1.96 bits per heavy atom. The van der Waals surface area contributed by atoms with Crippen molar-refractivity contribution >= 4 is 11.8 Å². The van der Waals surface area contributed by atoms with E-state index in [1.807, 2.05) is 49.9 Å². The van der Waals surface area contributed by atoms with Gasteiger partial charge in [-0.25, -0.2) is 0 Å². The molecule has 1 fully saturated rings. The van der Waals surface area contributed by atoms with Gasteiger partial charge in [0.05, 0.1) is 0 Å². The molecule has 0 radical (unpaired) electrons. The minimum absolute atomic E-state index is 0.00295. The van der Waals surface area contributed by atoms with Crippen LogP contribution >= 0.6 is 0 Å². The fourth-order valence-corrected chi connectivity index (χ4v) is 2.83. The number of benzene rings is 1. The zero-order valence-electron chi connectivity index (χ0n) is 14.3. The monoisotopic (exact) mass is 317 g/mol. The number of aryl methyl sites for hydroxylation is 1. The first kappa shape index (κ1) is 17.5. The second-order valence-corrected chi connectivity index (χ2v) is 6.34. The van der Waals surface area contributed by atoms with Crippen LogP contribution in [0.15, 0.2) is 24.3 Å². The Labute approximate surface area is 138 Å². The van der Waals surface area contributed by atoms with Crippen LogP contribution in [0.3, 0.4) is 0 Å². The lowest BCUT2D eigenvalue weighted by atomic mass is 10.1. The molecule has 1 aromatic rings. The first-order valence-electron chi connectivity index (χ1n) is 8.35. The van der Waals surface area contributed by atoms with Gasteiger partial charge in [-0.05, 0) is 32.9 Å². The molecule has 0 bridgehead atoms. The minimum atomic E-state index is -0.00295. The summed E-state index contributed by atoms with van der Waals surface area (Å²) in [4.78, 5) is 28.7. The molecule has 1 saturated heterocycles. The Balaban J connectivity index is 1.98. The van der Waals surface area contributed by atoms with E-state index in [2.05, 4.69) is 5.32 Å². The van der Waals surface area contributed by atoms with Crippen LogP contribution in [0.2, 0.25) is 0 Å². The number of rotatable bonds is 5. The summed E-state index contributed by atoms with van der Waals surface area (Å²) >= 11 is 0. The Morgan fingerprint density at radius 1 is 1.26 bits per heavy atom. The third-order valence-corrected chi connectivity index (χ3v) is 4.19. The molecule has 1 aromatic carbocycles. The maximum absolute atomic E-state index is 12.7. The van der Waals surface area contributed by atoms with Crippen molar-refractivity contribution in [2.45, 2.75) is 33.2 Å². The third kappa shape index (κ3) is 4.79. The van der Waals surface area contributed by atoms with E-state index in [1.165, 1.54) is 0 Å². The average Bonchev–Trinajstić information content (AvgIpc) is 2.55. The van der Waals surface area contributed by atoms with E-state index in [0.717, 1.165) is 31.7 Å². The van der Waals surface area contributed by atoms with Crippen molar-refractivity contribution in [1.82, 2.24) is 15.1 Å². The van der Waals surface area contributed by atoms with Crippen molar-refractivity contribution in [3.8, 4) is 0 Å². The number of hydrogen-bond donors (Lipinski definition) is 1. The number of carbonyl (C=O) groups is 2. The van der Waals surface area contributed by atoms with Crippen LogP contribution in [0, 0.1) is 6.92 Å².